The van der Waals surface area contributed by atoms with E-state index < -0.39 is 34.4 Å². The minimum Gasteiger partial charge on any atom is -0.481 e. The van der Waals surface area contributed by atoms with Crippen LogP contribution in [-0.2, 0) is 19.6 Å². The summed E-state index contributed by atoms with van der Waals surface area (Å²) < 4.78 is 24.4. The normalized spacial score (nSPS) is 12.5. The van der Waals surface area contributed by atoms with Gasteiger partial charge in [-0.1, -0.05) is 6.07 Å². The van der Waals surface area contributed by atoms with Crippen LogP contribution in [0, 0.1) is 0 Å². The van der Waals surface area contributed by atoms with Crippen LogP contribution in [0.5, 0.6) is 0 Å². The lowest BCUT2D eigenvalue weighted by Gasteiger charge is -2.11. The number of nitrogens with two attached hydrogens (primary N) is 1. The monoisotopic (exact) mass is 301 g/mol. The van der Waals surface area contributed by atoms with Crippen molar-refractivity contribution in [2.75, 3.05) is 16.3 Å². The number of sulfonamides is 1. The summed E-state index contributed by atoms with van der Waals surface area (Å²) in [5.41, 5.74) is 5.99. The number of carboxylic acid groups (broad SMARTS) is 1. The Hall–Kier alpha value is -2.13. The van der Waals surface area contributed by atoms with Gasteiger partial charge in [-0.3, -0.25) is 14.3 Å². The highest BCUT2D eigenvalue weighted by Gasteiger charge is 2.17. The molecule has 1 aromatic carbocycles. The Balaban J connectivity index is 2.76. The van der Waals surface area contributed by atoms with Gasteiger partial charge in [-0.05, 0) is 18.2 Å². The molecule has 1 atom stereocenters. The Morgan fingerprint density at radius 1 is 1.35 bits per heavy atom. The highest BCUT2D eigenvalue weighted by Crippen LogP contribution is 2.16. The van der Waals surface area contributed by atoms with E-state index in [9.17, 15) is 18.0 Å². The number of nitrogens with one attached hydrogen (secondary N) is 2. The average molecular weight is 301 g/mol. The van der Waals surface area contributed by atoms with E-state index in [1.54, 1.807) is 0 Å². The Morgan fingerprint density at radius 2 is 1.95 bits per heavy atom. The molecule has 0 heterocycles. The third-order valence-corrected chi connectivity index (χ3v) is 2.77. The minimum atomic E-state index is -3.42. The zero-order chi connectivity index (χ0) is 15.3. The summed E-state index contributed by atoms with van der Waals surface area (Å²) >= 11 is 0. The number of carbonyl (C=O) groups is 2. The first kappa shape index (κ1) is 15.9. The zero-order valence-corrected chi connectivity index (χ0v) is 11.5. The zero-order valence-electron chi connectivity index (χ0n) is 10.7. The number of rotatable bonds is 6. The van der Waals surface area contributed by atoms with Gasteiger partial charge >= 0.3 is 5.97 Å². The summed E-state index contributed by atoms with van der Waals surface area (Å²) in [7, 11) is -3.42. The van der Waals surface area contributed by atoms with Crippen molar-refractivity contribution >= 4 is 33.3 Å². The van der Waals surface area contributed by atoms with Gasteiger partial charge < -0.3 is 16.2 Å². The van der Waals surface area contributed by atoms with Crippen molar-refractivity contribution in [2.24, 2.45) is 5.73 Å². The van der Waals surface area contributed by atoms with Crippen molar-refractivity contribution < 1.29 is 23.1 Å². The number of benzene rings is 1. The van der Waals surface area contributed by atoms with Crippen LogP contribution >= 0.6 is 0 Å². The molecule has 0 saturated carbocycles. The van der Waals surface area contributed by atoms with Gasteiger partial charge in [-0.15, -0.1) is 0 Å². The molecule has 0 spiro atoms. The van der Waals surface area contributed by atoms with Crippen LogP contribution in [0.2, 0.25) is 0 Å². The molecule has 0 aliphatic carbocycles. The molecule has 0 radical (unpaired) electrons. The lowest BCUT2D eigenvalue weighted by Crippen LogP contribution is -2.37. The van der Waals surface area contributed by atoms with E-state index in [0.29, 0.717) is 5.69 Å². The lowest BCUT2D eigenvalue weighted by atomic mass is 10.2. The van der Waals surface area contributed by atoms with Crippen molar-refractivity contribution in [1.82, 2.24) is 0 Å². The van der Waals surface area contributed by atoms with E-state index in [-0.39, 0.29) is 5.69 Å². The Labute approximate surface area is 116 Å². The molecule has 9 heteroatoms. The lowest BCUT2D eigenvalue weighted by molar-refractivity contribution is -0.138. The summed E-state index contributed by atoms with van der Waals surface area (Å²) in [5, 5.41) is 10.9. The van der Waals surface area contributed by atoms with Gasteiger partial charge in [0.1, 0.15) is 0 Å². The van der Waals surface area contributed by atoms with Gasteiger partial charge in [0.05, 0.1) is 24.4 Å². The molecule has 8 nitrogen and oxygen atoms in total. The maximum atomic E-state index is 11.6. The molecular formula is C11H15N3O5S. The van der Waals surface area contributed by atoms with E-state index in [1.807, 2.05) is 0 Å². The van der Waals surface area contributed by atoms with Gasteiger partial charge in [-0.25, -0.2) is 8.42 Å². The highest BCUT2D eigenvalue weighted by atomic mass is 32.2. The van der Waals surface area contributed by atoms with Crippen molar-refractivity contribution in [2.45, 2.75) is 12.5 Å². The average Bonchev–Trinajstić information content (AvgIpc) is 2.25. The van der Waals surface area contributed by atoms with E-state index in [4.69, 9.17) is 10.8 Å². The van der Waals surface area contributed by atoms with Crippen LogP contribution in [0.15, 0.2) is 24.3 Å². The maximum Gasteiger partial charge on any atom is 0.305 e. The molecule has 110 valence electrons. The second kappa shape index (κ2) is 6.35. The van der Waals surface area contributed by atoms with E-state index in [2.05, 4.69) is 10.0 Å². The summed E-state index contributed by atoms with van der Waals surface area (Å²) in [5.74, 6) is -1.84. The molecule has 20 heavy (non-hydrogen) atoms. The number of aliphatic carboxylic acids is 1. The number of hydrogen-bond donors (Lipinski definition) is 4. The first-order valence-electron chi connectivity index (χ1n) is 5.53. The Kier molecular flexibility index (Phi) is 5.06. The third kappa shape index (κ3) is 5.67. The molecule has 0 aliphatic heterocycles. The van der Waals surface area contributed by atoms with Crippen LogP contribution in [0.3, 0.4) is 0 Å². The highest BCUT2D eigenvalue weighted by molar-refractivity contribution is 7.92. The predicted molar refractivity (Wildman–Crippen MR) is 73.8 cm³/mol. The fourth-order valence-electron chi connectivity index (χ4n) is 1.39. The molecule has 0 bridgehead atoms. The summed E-state index contributed by atoms with van der Waals surface area (Å²) in [6.07, 6.45) is 0.508. The van der Waals surface area contributed by atoms with Crippen LogP contribution in [-0.4, -0.2) is 37.7 Å². The molecule has 1 rings (SSSR count). The van der Waals surface area contributed by atoms with Crippen molar-refractivity contribution in [3.63, 3.8) is 0 Å². The van der Waals surface area contributed by atoms with Crippen molar-refractivity contribution in [3.05, 3.63) is 24.3 Å². The third-order valence-electron chi connectivity index (χ3n) is 2.16. The van der Waals surface area contributed by atoms with Crippen LogP contribution in [0.4, 0.5) is 11.4 Å². The molecule has 1 aromatic rings. The van der Waals surface area contributed by atoms with Gasteiger partial charge in [0, 0.05) is 5.69 Å². The number of hydrogen-bond acceptors (Lipinski definition) is 5. The van der Waals surface area contributed by atoms with Gasteiger partial charge in [0.25, 0.3) is 0 Å². The topological polar surface area (TPSA) is 139 Å². The molecule has 0 aliphatic rings. The molecule has 0 fully saturated rings. The summed E-state index contributed by atoms with van der Waals surface area (Å²) in [6.45, 7) is 0. The molecular weight excluding hydrogens is 286 g/mol. The standard InChI is InChI=1S/C11H15N3O5S/c1-20(18,19)14-8-4-2-3-7(5-8)13-11(17)9(12)6-10(15)16/h2-5,9,14H,6,12H2,1H3,(H,13,17)(H,15,16). The largest absolute Gasteiger partial charge is 0.481 e. The van der Waals surface area contributed by atoms with Crippen LogP contribution < -0.4 is 15.8 Å². The smallest absolute Gasteiger partial charge is 0.305 e. The molecule has 1 amide bonds. The fourth-order valence-corrected chi connectivity index (χ4v) is 1.95. The molecule has 5 N–H and O–H groups in total. The summed E-state index contributed by atoms with van der Waals surface area (Å²) in [4.78, 5) is 22.0. The first-order chi connectivity index (χ1) is 9.17. The predicted octanol–water partition coefficient (Wildman–Crippen LogP) is -0.201. The number of amides is 1. The number of carbonyl (C=O) groups excluding carboxylic acids is 1. The first-order valence-corrected chi connectivity index (χ1v) is 7.42. The number of carboxylic acids is 1. The summed E-state index contributed by atoms with van der Waals surface area (Å²) in [6, 6.07) is 4.78. The van der Waals surface area contributed by atoms with E-state index >= 15 is 0 Å². The minimum absolute atomic E-state index is 0.275. The van der Waals surface area contributed by atoms with Crippen molar-refractivity contribution in [3.8, 4) is 0 Å². The van der Waals surface area contributed by atoms with E-state index in [1.165, 1.54) is 24.3 Å². The van der Waals surface area contributed by atoms with Gasteiger partial charge in [0.15, 0.2) is 0 Å². The Bertz CT molecular complexity index is 614. The van der Waals surface area contributed by atoms with Gasteiger partial charge in [-0.2, -0.15) is 0 Å². The Morgan fingerprint density at radius 3 is 2.50 bits per heavy atom. The fraction of sp³-hybridized carbons (Fsp3) is 0.273. The second-order valence-electron chi connectivity index (χ2n) is 4.15. The van der Waals surface area contributed by atoms with E-state index in [0.717, 1.165) is 6.26 Å². The molecule has 0 aromatic heterocycles. The second-order valence-corrected chi connectivity index (χ2v) is 5.90. The van der Waals surface area contributed by atoms with Gasteiger partial charge in [0.2, 0.25) is 15.9 Å². The molecule has 1 unspecified atom stereocenters. The van der Waals surface area contributed by atoms with Crippen LogP contribution in [0.1, 0.15) is 6.42 Å². The van der Waals surface area contributed by atoms with Crippen LogP contribution in [0.25, 0.3) is 0 Å². The number of anilines is 2. The van der Waals surface area contributed by atoms with Crippen molar-refractivity contribution in [1.29, 1.82) is 0 Å². The maximum absolute atomic E-state index is 11.6. The SMILES string of the molecule is CS(=O)(=O)Nc1cccc(NC(=O)C(N)CC(=O)O)c1. The molecule has 0 saturated heterocycles. The quantitative estimate of drug-likeness (QED) is 0.574.